The molecule has 6 nitrogen and oxygen atoms in total. The Morgan fingerprint density at radius 2 is 2.00 bits per heavy atom. The van der Waals surface area contributed by atoms with Crippen LogP contribution in [0.1, 0.15) is 0 Å². The molecule has 1 saturated heterocycles. The predicted octanol–water partition coefficient (Wildman–Crippen LogP) is 0.859. The highest BCUT2D eigenvalue weighted by Crippen LogP contribution is 2.22. The minimum absolute atomic E-state index is 0.162. The number of nitrogens with one attached hydrogen (secondary N) is 1. The highest BCUT2D eigenvalue weighted by molar-refractivity contribution is 7.99. The molecule has 0 amide bonds. The average Bonchev–Trinajstić information content (AvgIpc) is 2.78. The second-order valence-electron chi connectivity index (χ2n) is 4.19. The molecule has 0 radical (unpaired) electrons. The number of thioether (sulfide) groups is 1. The fraction of sp³-hybridized carbons (Fsp3) is 0.364. The lowest BCUT2D eigenvalue weighted by molar-refractivity contribution is 0.443. The molecule has 0 spiro atoms. The summed E-state index contributed by atoms with van der Waals surface area (Å²) in [4.78, 5) is 13.7. The third-order valence-electron chi connectivity index (χ3n) is 3.00. The SMILES string of the molecule is O=c1[nH]c2ccc(S(=O)(=O)N3CCSCC3)cc2o1. The maximum Gasteiger partial charge on any atom is 0.417 e. The number of rotatable bonds is 2. The molecule has 1 aliphatic rings. The summed E-state index contributed by atoms with van der Waals surface area (Å²) in [7, 11) is -3.50. The smallest absolute Gasteiger partial charge is 0.408 e. The van der Waals surface area contributed by atoms with Gasteiger partial charge in [-0.25, -0.2) is 13.2 Å². The number of sulfonamides is 1. The summed E-state index contributed by atoms with van der Waals surface area (Å²) >= 11 is 1.74. The van der Waals surface area contributed by atoms with Gasteiger partial charge in [-0.05, 0) is 12.1 Å². The van der Waals surface area contributed by atoms with Gasteiger partial charge in [0.1, 0.15) is 0 Å². The van der Waals surface area contributed by atoms with E-state index in [4.69, 9.17) is 4.42 Å². The molecule has 1 N–H and O–H groups in total. The lowest BCUT2D eigenvalue weighted by atomic mass is 10.3. The molecule has 1 fully saturated rings. The number of oxazole rings is 1. The summed E-state index contributed by atoms with van der Waals surface area (Å²) in [5, 5.41) is 0. The monoisotopic (exact) mass is 300 g/mol. The van der Waals surface area contributed by atoms with Gasteiger partial charge >= 0.3 is 5.76 Å². The standard InChI is InChI=1S/C11H12N2O4S2/c14-11-12-9-2-1-8(7-10(9)17-11)19(15,16)13-3-5-18-6-4-13/h1-2,7H,3-6H2,(H,12,14). The van der Waals surface area contributed by atoms with Crippen molar-refractivity contribution in [3.05, 3.63) is 28.7 Å². The molecule has 0 unspecified atom stereocenters. The Labute approximate surface area is 113 Å². The van der Waals surface area contributed by atoms with Crippen molar-refractivity contribution in [3.8, 4) is 0 Å². The topological polar surface area (TPSA) is 83.4 Å². The molecule has 2 aromatic rings. The van der Waals surface area contributed by atoms with Gasteiger partial charge < -0.3 is 4.42 Å². The van der Waals surface area contributed by atoms with Crippen LogP contribution in [0.3, 0.4) is 0 Å². The molecule has 0 atom stereocenters. The van der Waals surface area contributed by atoms with Crippen LogP contribution in [0.5, 0.6) is 0 Å². The average molecular weight is 300 g/mol. The van der Waals surface area contributed by atoms with Crippen LogP contribution in [0.25, 0.3) is 11.1 Å². The van der Waals surface area contributed by atoms with Gasteiger partial charge in [0.05, 0.1) is 10.4 Å². The number of aromatic nitrogens is 1. The predicted molar refractivity (Wildman–Crippen MR) is 72.9 cm³/mol. The molecule has 1 aliphatic heterocycles. The summed E-state index contributed by atoms with van der Waals surface area (Å²) in [6.45, 7) is 1.03. The Balaban J connectivity index is 2.04. The van der Waals surface area contributed by atoms with Crippen molar-refractivity contribution in [1.82, 2.24) is 9.29 Å². The Kier molecular flexibility index (Phi) is 3.15. The van der Waals surface area contributed by atoms with Crippen molar-refractivity contribution in [2.24, 2.45) is 0 Å². The summed E-state index contributed by atoms with van der Waals surface area (Å²) in [5.74, 6) is 1.03. The molecule has 0 saturated carbocycles. The second kappa shape index (κ2) is 4.69. The zero-order valence-corrected chi connectivity index (χ0v) is 11.6. The van der Waals surface area contributed by atoms with Gasteiger partial charge in [0.25, 0.3) is 0 Å². The van der Waals surface area contributed by atoms with Gasteiger partial charge in [-0.3, -0.25) is 4.98 Å². The van der Waals surface area contributed by atoms with Gasteiger partial charge in [-0.15, -0.1) is 0 Å². The normalized spacial score (nSPS) is 17.9. The Hall–Kier alpha value is -1.25. The quantitative estimate of drug-likeness (QED) is 0.889. The number of hydrogen-bond donors (Lipinski definition) is 1. The van der Waals surface area contributed by atoms with Crippen molar-refractivity contribution in [3.63, 3.8) is 0 Å². The number of H-pyrrole nitrogens is 1. The molecule has 8 heteroatoms. The maximum atomic E-state index is 12.4. The molecule has 1 aromatic carbocycles. The van der Waals surface area contributed by atoms with Crippen LogP contribution in [-0.4, -0.2) is 42.3 Å². The van der Waals surface area contributed by atoms with Crippen molar-refractivity contribution in [1.29, 1.82) is 0 Å². The largest absolute Gasteiger partial charge is 0.417 e. The third-order valence-corrected chi connectivity index (χ3v) is 5.84. The first-order chi connectivity index (χ1) is 9.07. The van der Waals surface area contributed by atoms with Crippen LogP contribution in [0, 0.1) is 0 Å². The van der Waals surface area contributed by atoms with Crippen molar-refractivity contribution in [2.45, 2.75) is 4.90 Å². The Morgan fingerprint density at radius 3 is 2.74 bits per heavy atom. The minimum atomic E-state index is -3.50. The fourth-order valence-electron chi connectivity index (χ4n) is 2.02. The Bertz CT molecular complexity index is 756. The first-order valence-electron chi connectivity index (χ1n) is 5.78. The van der Waals surface area contributed by atoms with Crippen molar-refractivity contribution < 1.29 is 12.8 Å². The van der Waals surface area contributed by atoms with E-state index in [-0.39, 0.29) is 10.5 Å². The number of aromatic amines is 1. The van der Waals surface area contributed by atoms with Gasteiger partial charge in [-0.1, -0.05) is 0 Å². The molecule has 2 heterocycles. The molecule has 0 aliphatic carbocycles. The van der Waals surface area contributed by atoms with Gasteiger partial charge in [0, 0.05) is 30.7 Å². The highest BCUT2D eigenvalue weighted by Gasteiger charge is 2.26. The first kappa shape index (κ1) is 12.8. The summed E-state index contributed by atoms with van der Waals surface area (Å²) < 4.78 is 31.2. The van der Waals surface area contributed by atoms with E-state index in [1.165, 1.54) is 16.4 Å². The van der Waals surface area contributed by atoms with Crippen LogP contribution in [-0.2, 0) is 10.0 Å². The molecule has 19 heavy (non-hydrogen) atoms. The van der Waals surface area contributed by atoms with E-state index in [2.05, 4.69) is 4.98 Å². The number of fused-ring (bicyclic) bond motifs is 1. The Morgan fingerprint density at radius 1 is 1.26 bits per heavy atom. The summed E-state index contributed by atoms with van der Waals surface area (Å²) in [5.41, 5.74) is 0.760. The first-order valence-corrected chi connectivity index (χ1v) is 8.38. The van der Waals surface area contributed by atoms with E-state index >= 15 is 0 Å². The van der Waals surface area contributed by atoms with Crippen LogP contribution in [0.2, 0.25) is 0 Å². The van der Waals surface area contributed by atoms with Gasteiger partial charge in [-0.2, -0.15) is 16.1 Å². The molecule has 102 valence electrons. The maximum absolute atomic E-state index is 12.4. The molecular weight excluding hydrogens is 288 g/mol. The fourth-order valence-corrected chi connectivity index (χ4v) is 4.61. The van der Waals surface area contributed by atoms with Gasteiger partial charge in [0.15, 0.2) is 5.58 Å². The van der Waals surface area contributed by atoms with Crippen molar-refractivity contribution >= 4 is 32.9 Å². The lowest BCUT2D eigenvalue weighted by Crippen LogP contribution is -2.37. The molecule has 0 bridgehead atoms. The van der Waals surface area contributed by atoms with Crippen LogP contribution >= 0.6 is 11.8 Å². The molecular formula is C11H12N2O4S2. The van der Waals surface area contributed by atoms with Crippen LogP contribution in [0.15, 0.2) is 32.3 Å². The summed E-state index contributed by atoms with van der Waals surface area (Å²) in [6, 6.07) is 4.43. The van der Waals surface area contributed by atoms with E-state index in [1.807, 2.05) is 0 Å². The minimum Gasteiger partial charge on any atom is -0.408 e. The highest BCUT2D eigenvalue weighted by atomic mass is 32.2. The van der Waals surface area contributed by atoms with E-state index in [1.54, 1.807) is 17.8 Å². The van der Waals surface area contributed by atoms with E-state index in [9.17, 15) is 13.2 Å². The second-order valence-corrected chi connectivity index (χ2v) is 7.35. The number of nitrogens with zero attached hydrogens (tertiary/aromatic N) is 1. The molecule has 3 rings (SSSR count). The van der Waals surface area contributed by atoms with Crippen molar-refractivity contribution in [2.75, 3.05) is 24.6 Å². The zero-order valence-electron chi connectivity index (χ0n) is 9.96. The van der Waals surface area contributed by atoms with E-state index in [0.29, 0.717) is 18.6 Å². The third kappa shape index (κ3) is 2.31. The van der Waals surface area contributed by atoms with Crippen LogP contribution < -0.4 is 5.76 Å². The van der Waals surface area contributed by atoms with E-state index < -0.39 is 15.8 Å². The summed E-state index contributed by atoms with van der Waals surface area (Å²) in [6.07, 6.45) is 0. The lowest BCUT2D eigenvalue weighted by Gasteiger charge is -2.25. The number of hydrogen-bond acceptors (Lipinski definition) is 5. The number of benzene rings is 1. The molecule has 1 aromatic heterocycles. The zero-order chi connectivity index (χ0) is 13.5. The van der Waals surface area contributed by atoms with Crippen LogP contribution in [0.4, 0.5) is 0 Å². The van der Waals surface area contributed by atoms with E-state index in [0.717, 1.165) is 11.5 Å². The van der Waals surface area contributed by atoms with Gasteiger partial charge in [0.2, 0.25) is 10.0 Å².